The minimum atomic E-state index is -1.75. The first-order valence-electron chi connectivity index (χ1n) is 5.30. The van der Waals surface area contributed by atoms with Gasteiger partial charge in [0.1, 0.15) is 11.7 Å². The van der Waals surface area contributed by atoms with Crippen molar-refractivity contribution in [1.82, 2.24) is 0 Å². The summed E-state index contributed by atoms with van der Waals surface area (Å²) in [4.78, 5) is 12.2. The number of carbonyl (C=O) groups excluding carboxylic acids is 1. The maximum atomic E-state index is 12.2. The van der Waals surface area contributed by atoms with Gasteiger partial charge >= 0.3 is 0 Å². The SMILES string of the molecule is O=C(c1ccccc1)[C@]1(O)CC(Cl)O[C@@H]1CO. The Kier molecular flexibility index (Phi) is 3.49. The van der Waals surface area contributed by atoms with E-state index < -0.39 is 29.7 Å². The van der Waals surface area contributed by atoms with Gasteiger partial charge in [-0.2, -0.15) is 0 Å². The van der Waals surface area contributed by atoms with Gasteiger partial charge in [-0.15, -0.1) is 0 Å². The van der Waals surface area contributed by atoms with Crippen molar-refractivity contribution < 1.29 is 19.7 Å². The number of halogens is 1. The van der Waals surface area contributed by atoms with Crippen LogP contribution in [0.4, 0.5) is 0 Å². The second-order valence-electron chi connectivity index (χ2n) is 4.04. The topological polar surface area (TPSA) is 66.8 Å². The van der Waals surface area contributed by atoms with Gasteiger partial charge in [0.05, 0.1) is 6.61 Å². The Labute approximate surface area is 104 Å². The fourth-order valence-corrected chi connectivity index (χ4v) is 2.35. The molecule has 1 aromatic rings. The number of rotatable bonds is 3. The number of aliphatic hydroxyl groups excluding tert-OH is 1. The molecular formula is C12H13ClO4. The third-order valence-electron chi connectivity index (χ3n) is 2.91. The molecule has 4 nitrogen and oxygen atoms in total. The molecule has 0 amide bonds. The van der Waals surface area contributed by atoms with E-state index in [2.05, 4.69) is 0 Å². The predicted molar refractivity (Wildman–Crippen MR) is 61.9 cm³/mol. The minimum Gasteiger partial charge on any atom is -0.394 e. The zero-order valence-electron chi connectivity index (χ0n) is 9.04. The lowest BCUT2D eigenvalue weighted by molar-refractivity contribution is -0.0469. The standard InChI is InChI=1S/C12H13ClO4/c13-10-6-12(16,9(7-14)17-10)11(15)8-4-2-1-3-5-8/h1-5,9-10,14,16H,6-7H2/t9-,10?,12+/m1/s1. The molecule has 0 spiro atoms. The summed E-state index contributed by atoms with van der Waals surface area (Å²) in [6.45, 7) is -0.446. The second-order valence-corrected chi connectivity index (χ2v) is 4.53. The van der Waals surface area contributed by atoms with Gasteiger partial charge in [-0.05, 0) is 0 Å². The van der Waals surface area contributed by atoms with Crippen LogP contribution in [0.3, 0.4) is 0 Å². The third-order valence-corrected chi connectivity index (χ3v) is 3.17. The van der Waals surface area contributed by atoms with Crippen LogP contribution in [0, 0.1) is 0 Å². The van der Waals surface area contributed by atoms with Crippen molar-refractivity contribution in [3.8, 4) is 0 Å². The molecule has 1 heterocycles. The first-order chi connectivity index (χ1) is 8.08. The Morgan fingerprint density at radius 2 is 2.12 bits per heavy atom. The fraction of sp³-hybridized carbons (Fsp3) is 0.417. The van der Waals surface area contributed by atoms with Crippen LogP contribution in [0.2, 0.25) is 0 Å². The number of alkyl halides is 1. The molecule has 1 fully saturated rings. The van der Waals surface area contributed by atoms with Gasteiger partial charge in [-0.3, -0.25) is 4.79 Å². The zero-order valence-corrected chi connectivity index (χ0v) is 9.80. The Balaban J connectivity index is 2.29. The number of hydrogen-bond donors (Lipinski definition) is 2. The largest absolute Gasteiger partial charge is 0.394 e. The van der Waals surface area contributed by atoms with Crippen molar-refractivity contribution in [3.63, 3.8) is 0 Å². The summed E-state index contributed by atoms with van der Waals surface area (Å²) in [5, 5.41) is 19.4. The van der Waals surface area contributed by atoms with Crippen LogP contribution in [-0.2, 0) is 4.74 Å². The van der Waals surface area contributed by atoms with Crippen molar-refractivity contribution in [2.45, 2.75) is 23.7 Å². The number of benzene rings is 1. The van der Waals surface area contributed by atoms with E-state index in [-0.39, 0.29) is 6.42 Å². The van der Waals surface area contributed by atoms with E-state index in [4.69, 9.17) is 21.4 Å². The van der Waals surface area contributed by atoms with E-state index in [0.717, 1.165) is 0 Å². The van der Waals surface area contributed by atoms with Crippen LogP contribution < -0.4 is 0 Å². The molecular weight excluding hydrogens is 244 g/mol. The lowest BCUT2D eigenvalue weighted by Gasteiger charge is -2.25. The smallest absolute Gasteiger partial charge is 0.197 e. The predicted octanol–water partition coefficient (Wildman–Crippen LogP) is 0.946. The molecule has 1 aliphatic heterocycles. The molecule has 17 heavy (non-hydrogen) atoms. The maximum Gasteiger partial charge on any atom is 0.197 e. The average Bonchev–Trinajstić information content (AvgIpc) is 2.65. The molecule has 0 aromatic heterocycles. The maximum absolute atomic E-state index is 12.2. The number of ether oxygens (including phenoxy) is 1. The third kappa shape index (κ3) is 2.21. The summed E-state index contributed by atoms with van der Waals surface area (Å²) in [6, 6.07) is 8.41. The van der Waals surface area contributed by atoms with Crippen LogP contribution in [0.1, 0.15) is 16.8 Å². The van der Waals surface area contributed by atoms with Gasteiger partial charge in [0, 0.05) is 12.0 Å². The Morgan fingerprint density at radius 1 is 1.47 bits per heavy atom. The van der Waals surface area contributed by atoms with Gasteiger partial charge in [0.2, 0.25) is 0 Å². The van der Waals surface area contributed by atoms with Gasteiger partial charge in [-0.1, -0.05) is 41.9 Å². The van der Waals surface area contributed by atoms with Gasteiger partial charge in [0.15, 0.2) is 11.4 Å². The van der Waals surface area contributed by atoms with Crippen molar-refractivity contribution in [2.24, 2.45) is 0 Å². The Morgan fingerprint density at radius 3 is 2.71 bits per heavy atom. The van der Waals surface area contributed by atoms with Crippen LogP contribution in [0.5, 0.6) is 0 Å². The van der Waals surface area contributed by atoms with Crippen molar-refractivity contribution in [2.75, 3.05) is 6.61 Å². The van der Waals surface area contributed by atoms with E-state index in [1.165, 1.54) is 0 Å². The van der Waals surface area contributed by atoms with E-state index >= 15 is 0 Å². The van der Waals surface area contributed by atoms with E-state index in [0.29, 0.717) is 5.56 Å². The molecule has 1 unspecified atom stereocenters. The summed E-state index contributed by atoms with van der Waals surface area (Å²) in [5.41, 5.74) is -2.13. The molecule has 0 aliphatic carbocycles. The highest BCUT2D eigenvalue weighted by Crippen LogP contribution is 2.35. The van der Waals surface area contributed by atoms with Crippen LogP contribution in [-0.4, -0.2) is 39.9 Å². The summed E-state index contributed by atoms with van der Waals surface area (Å²) in [5.74, 6) is -0.472. The summed E-state index contributed by atoms with van der Waals surface area (Å²) < 4.78 is 5.11. The van der Waals surface area contributed by atoms with Crippen molar-refractivity contribution >= 4 is 17.4 Å². The summed E-state index contributed by atoms with van der Waals surface area (Å²) in [6.07, 6.45) is -0.995. The lowest BCUT2D eigenvalue weighted by atomic mass is 9.87. The van der Waals surface area contributed by atoms with Gasteiger partial charge in [-0.25, -0.2) is 0 Å². The number of carbonyl (C=O) groups is 1. The Hall–Kier alpha value is -0.940. The molecule has 5 heteroatoms. The normalized spacial score (nSPS) is 32.6. The van der Waals surface area contributed by atoms with Gasteiger partial charge < -0.3 is 14.9 Å². The molecule has 1 aliphatic rings. The highest BCUT2D eigenvalue weighted by molar-refractivity contribution is 6.20. The molecule has 3 atom stereocenters. The molecule has 92 valence electrons. The van der Waals surface area contributed by atoms with Crippen molar-refractivity contribution in [1.29, 1.82) is 0 Å². The van der Waals surface area contributed by atoms with Crippen LogP contribution in [0.15, 0.2) is 30.3 Å². The number of hydrogen-bond acceptors (Lipinski definition) is 4. The fourth-order valence-electron chi connectivity index (χ4n) is 1.99. The molecule has 0 bridgehead atoms. The van der Waals surface area contributed by atoms with E-state index in [1.54, 1.807) is 30.3 Å². The zero-order chi connectivity index (χ0) is 12.5. The summed E-state index contributed by atoms with van der Waals surface area (Å²) >= 11 is 5.76. The quantitative estimate of drug-likeness (QED) is 0.624. The molecule has 1 saturated heterocycles. The van der Waals surface area contributed by atoms with E-state index in [1.807, 2.05) is 0 Å². The number of Topliss-reactive ketones (excluding diaryl/α,β-unsaturated/α-hetero) is 1. The first-order valence-corrected chi connectivity index (χ1v) is 5.74. The van der Waals surface area contributed by atoms with Gasteiger partial charge in [0.25, 0.3) is 0 Å². The van der Waals surface area contributed by atoms with Crippen LogP contribution >= 0.6 is 11.6 Å². The average molecular weight is 257 g/mol. The van der Waals surface area contributed by atoms with E-state index in [9.17, 15) is 9.90 Å². The monoisotopic (exact) mass is 256 g/mol. The molecule has 2 N–H and O–H groups in total. The number of aliphatic hydroxyl groups is 2. The molecule has 0 radical (unpaired) electrons. The lowest BCUT2D eigenvalue weighted by Crippen LogP contribution is -2.47. The Bertz CT molecular complexity index is 408. The molecule has 2 rings (SSSR count). The van der Waals surface area contributed by atoms with Crippen LogP contribution in [0.25, 0.3) is 0 Å². The second kappa shape index (κ2) is 4.74. The minimum absolute atomic E-state index is 0.0203. The van der Waals surface area contributed by atoms with Crippen molar-refractivity contribution in [3.05, 3.63) is 35.9 Å². The molecule has 1 aromatic carbocycles. The summed E-state index contributed by atoms with van der Waals surface area (Å²) in [7, 11) is 0. The first kappa shape index (κ1) is 12.5. The highest BCUT2D eigenvalue weighted by atomic mass is 35.5. The molecule has 0 saturated carbocycles. The highest BCUT2D eigenvalue weighted by Gasteiger charge is 2.52. The number of ketones is 1.